The van der Waals surface area contributed by atoms with Crippen LogP contribution < -0.4 is 10.2 Å². The molecular formula is C34H40FN3O7S. The Morgan fingerprint density at radius 2 is 1.80 bits per heavy atom. The molecule has 4 atom stereocenters. The minimum absolute atomic E-state index is 0.0614. The van der Waals surface area contributed by atoms with Gasteiger partial charge in [-0.3, -0.25) is 14.5 Å². The quantitative estimate of drug-likeness (QED) is 0.245. The van der Waals surface area contributed by atoms with Gasteiger partial charge in [-0.25, -0.2) is 17.6 Å². The molecule has 1 saturated heterocycles. The lowest BCUT2D eigenvalue weighted by Crippen LogP contribution is -2.53. The molecule has 4 rings (SSSR count). The van der Waals surface area contributed by atoms with Crippen LogP contribution in [0, 0.1) is 18.7 Å². The lowest BCUT2D eigenvalue weighted by Gasteiger charge is -2.31. The van der Waals surface area contributed by atoms with Crippen LogP contribution in [-0.2, 0) is 26.0 Å². The SMILES string of the molecule is CC[C@H](C)CN(C[C@@H](O)[C@H](Cc1ccccc1)NC(=O)[C@@H]1CN(c2cccc(C(C)=O)c2)C(=O)O1)S(=O)(=O)c1ccc(C)c(F)c1. The second kappa shape index (κ2) is 15.0. The van der Waals surface area contributed by atoms with Crippen molar-refractivity contribution < 1.29 is 37.0 Å². The normalized spacial score (nSPS) is 17.0. The molecule has 2 amide bonds. The Labute approximate surface area is 269 Å². The number of nitrogens with zero attached hydrogens (tertiary/aromatic N) is 2. The number of carbonyl (C=O) groups excluding carboxylic acids is 3. The van der Waals surface area contributed by atoms with Gasteiger partial charge in [-0.05, 0) is 61.6 Å². The number of ether oxygens (including phenoxy) is 1. The van der Waals surface area contributed by atoms with E-state index in [0.29, 0.717) is 23.2 Å². The third-order valence-electron chi connectivity index (χ3n) is 8.14. The molecule has 1 aliphatic rings. The summed E-state index contributed by atoms with van der Waals surface area (Å²) in [6.45, 7) is 6.28. The summed E-state index contributed by atoms with van der Waals surface area (Å²) in [6, 6.07) is 18.2. The summed E-state index contributed by atoms with van der Waals surface area (Å²) >= 11 is 0. The molecule has 10 nitrogen and oxygen atoms in total. The molecule has 1 fully saturated rings. The van der Waals surface area contributed by atoms with E-state index < -0.39 is 46.1 Å². The Morgan fingerprint density at radius 3 is 2.46 bits per heavy atom. The summed E-state index contributed by atoms with van der Waals surface area (Å²) in [5, 5.41) is 14.3. The zero-order valence-electron chi connectivity index (χ0n) is 26.4. The first-order valence-electron chi connectivity index (χ1n) is 15.2. The van der Waals surface area contributed by atoms with Crippen molar-refractivity contribution in [3.63, 3.8) is 0 Å². The van der Waals surface area contributed by atoms with E-state index in [0.717, 1.165) is 15.9 Å². The van der Waals surface area contributed by atoms with E-state index in [1.54, 1.807) is 30.3 Å². The lowest BCUT2D eigenvalue weighted by atomic mass is 10.0. The standard InChI is InChI=1S/C34H40FN3O7S/c1-5-22(2)19-37(46(43,44)28-15-14-23(3)29(35)18-28)20-31(40)30(16-25-10-7-6-8-11-25)36-33(41)32-21-38(34(42)45-32)27-13-9-12-26(17-27)24(4)39/h6-15,17-18,22,30-32,40H,5,16,19-21H2,1-4H3,(H,36,41)/t22-,30-,31+,32-/m0/s1. The van der Waals surface area contributed by atoms with E-state index in [9.17, 15) is 32.3 Å². The Balaban J connectivity index is 1.57. The summed E-state index contributed by atoms with van der Waals surface area (Å²) < 4.78 is 48.4. The summed E-state index contributed by atoms with van der Waals surface area (Å²) in [5.74, 6) is -1.59. The van der Waals surface area contributed by atoms with Crippen LogP contribution in [0.2, 0.25) is 0 Å². The van der Waals surface area contributed by atoms with Gasteiger partial charge in [-0.15, -0.1) is 0 Å². The van der Waals surface area contributed by atoms with Crippen LogP contribution in [-0.4, -0.2) is 73.5 Å². The number of nitrogens with one attached hydrogen (secondary N) is 1. The minimum Gasteiger partial charge on any atom is -0.434 e. The van der Waals surface area contributed by atoms with E-state index in [4.69, 9.17) is 4.74 Å². The van der Waals surface area contributed by atoms with E-state index in [-0.39, 0.29) is 42.7 Å². The lowest BCUT2D eigenvalue weighted by molar-refractivity contribution is -0.129. The summed E-state index contributed by atoms with van der Waals surface area (Å²) in [4.78, 5) is 39.1. The summed E-state index contributed by atoms with van der Waals surface area (Å²) in [6.07, 6.45) is -2.58. The van der Waals surface area contributed by atoms with Crippen LogP contribution in [0.15, 0.2) is 77.7 Å². The van der Waals surface area contributed by atoms with E-state index in [1.807, 2.05) is 32.0 Å². The van der Waals surface area contributed by atoms with Crippen molar-refractivity contribution in [2.75, 3.05) is 24.5 Å². The third kappa shape index (κ3) is 8.36. The number of carbonyl (C=O) groups is 3. The fourth-order valence-electron chi connectivity index (χ4n) is 5.10. The maximum Gasteiger partial charge on any atom is 0.415 e. The van der Waals surface area contributed by atoms with Crippen LogP contribution in [0.5, 0.6) is 0 Å². The van der Waals surface area contributed by atoms with E-state index in [1.165, 1.54) is 36.9 Å². The van der Waals surface area contributed by atoms with Crippen LogP contribution in [0.1, 0.15) is 48.7 Å². The molecule has 1 aliphatic heterocycles. The van der Waals surface area contributed by atoms with Gasteiger partial charge in [0.2, 0.25) is 10.0 Å². The van der Waals surface area contributed by atoms with Gasteiger partial charge in [0.25, 0.3) is 5.91 Å². The third-order valence-corrected chi connectivity index (χ3v) is 9.97. The molecule has 46 heavy (non-hydrogen) atoms. The topological polar surface area (TPSA) is 133 Å². The monoisotopic (exact) mass is 653 g/mol. The van der Waals surface area contributed by atoms with Crippen molar-refractivity contribution in [2.24, 2.45) is 5.92 Å². The van der Waals surface area contributed by atoms with Crippen LogP contribution in [0.3, 0.4) is 0 Å². The molecular weight excluding hydrogens is 613 g/mol. The van der Waals surface area contributed by atoms with E-state index in [2.05, 4.69) is 5.32 Å². The highest BCUT2D eigenvalue weighted by molar-refractivity contribution is 7.89. The summed E-state index contributed by atoms with van der Waals surface area (Å²) in [7, 11) is -4.23. The number of sulfonamides is 1. The minimum atomic E-state index is -4.23. The molecule has 0 bridgehead atoms. The number of aliphatic hydroxyl groups is 1. The predicted molar refractivity (Wildman–Crippen MR) is 171 cm³/mol. The van der Waals surface area contributed by atoms with Gasteiger partial charge >= 0.3 is 6.09 Å². The maximum atomic E-state index is 14.4. The molecule has 12 heteroatoms. The molecule has 0 aromatic heterocycles. The highest BCUT2D eigenvalue weighted by atomic mass is 32.2. The molecule has 1 heterocycles. The van der Waals surface area contributed by atoms with Crippen molar-refractivity contribution in [1.29, 1.82) is 0 Å². The predicted octanol–water partition coefficient (Wildman–Crippen LogP) is 4.49. The molecule has 246 valence electrons. The molecule has 3 aromatic carbocycles. The van der Waals surface area contributed by atoms with Gasteiger partial charge in [-0.1, -0.05) is 68.8 Å². The molecule has 0 unspecified atom stereocenters. The first kappa shape index (κ1) is 34.7. The van der Waals surface area contributed by atoms with Gasteiger partial charge in [0.05, 0.1) is 23.6 Å². The number of benzene rings is 3. The number of ketones is 1. The van der Waals surface area contributed by atoms with Crippen molar-refractivity contribution in [1.82, 2.24) is 9.62 Å². The van der Waals surface area contributed by atoms with E-state index >= 15 is 0 Å². The van der Waals surface area contributed by atoms with Crippen LogP contribution >= 0.6 is 0 Å². The van der Waals surface area contributed by atoms with Gasteiger partial charge < -0.3 is 15.2 Å². The number of cyclic esters (lactones) is 1. The molecule has 3 aromatic rings. The zero-order chi connectivity index (χ0) is 33.6. The second-order valence-electron chi connectivity index (χ2n) is 11.7. The first-order valence-corrected chi connectivity index (χ1v) is 16.6. The number of anilines is 1. The smallest absolute Gasteiger partial charge is 0.415 e. The average Bonchev–Trinajstić information content (AvgIpc) is 3.43. The molecule has 0 saturated carbocycles. The molecule has 0 spiro atoms. The zero-order valence-corrected chi connectivity index (χ0v) is 27.2. The summed E-state index contributed by atoms with van der Waals surface area (Å²) in [5.41, 5.74) is 1.87. The Kier molecular flexibility index (Phi) is 11.3. The fourth-order valence-corrected chi connectivity index (χ4v) is 6.69. The number of amides is 2. The number of halogens is 1. The van der Waals surface area contributed by atoms with Gasteiger partial charge in [0.15, 0.2) is 11.9 Å². The van der Waals surface area contributed by atoms with Crippen molar-refractivity contribution in [3.05, 3.63) is 95.3 Å². The average molecular weight is 654 g/mol. The molecule has 0 aliphatic carbocycles. The van der Waals surface area contributed by atoms with Crippen LogP contribution in [0.4, 0.5) is 14.9 Å². The number of hydrogen-bond acceptors (Lipinski definition) is 7. The fraction of sp³-hybridized carbons (Fsp3) is 0.382. The number of rotatable bonds is 14. The largest absolute Gasteiger partial charge is 0.434 e. The van der Waals surface area contributed by atoms with Crippen molar-refractivity contribution in [2.45, 2.75) is 63.7 Å². The van der Waals surface area contributed by atoms with Gasteiger partial charge in [0.1, 0.15) is 5.82 Å². The second-order valence-corrected chi connectivity index (χ2v) is 13.6. The Morgan fingerprint density at radius 1 is 1.09 bits per heavy atom. The number of Topliss-reactive ketones (excluding diaryl/α,β-unsaturated/α-hetero) is 1. The number of aliphatic hydroxyl groups excluding tert-OH is 1. The number of hydrogen-bond donors (Lipinski definition) is 2. The number of aryl methyl sites for hydroxylation is 1. The molecule has 2 N–H and O–H groups in total. The van der Waals surface area contributed by atoms with Crippen LogP contribution in [0.25, 0.3) is 0 Å². The molecule has 0 radical (unpaired) electrons. The maximum absolute atomic E-state index is 14.4. The first-order chi connectivity index (χ1) is 21.8. The van der Waals surface area contributed by atoms with Crippen molar-refractivity contribution >= 4 is 33.5 Å². The van der Waals surface area contributed by atoms with Gasteiger partial charge in [0, 0.05) is 24.3 Å². The Bertz CT molecular complexity index is 1670. The highest BCUT2D eigenvalue weighted by Gasteiger charge is 2.39. The Hall–Kier alpha value is -4.13. The van der Waals surface area contributed by atoms with Crippen molar-refractivity contribution in [3.8, 4) is 0 Å². The highest BCUT2D eigenvalue weighted by Crippen LogP contribution is 2.25. The van der Waals surface area contributed by atoms with Gasteiger partial charge in [-0.2, -0.15) is 4.31 Å².